The Kier molecular flexibility index (Phi) is 3.48. The topological polar surface area (TPSA) is 66.8 Å². The standard InChI is InChI=1S/C14H12O4/c15-13-10(5-4-8-12(13)14(16)17)9-18-11-6-2-1-3-7-11/h1-8,15H,9H2,(H,16,17). The van der Waals surface area contributed by atoms with Crippen LogP contribution in [0.5, 0.6) is 11.5 Å². The Morgan fingerprint density at radius 2 is 1.78 bits per heavy atom. The molecule has 4 nitrogen and oxygen atoms in total. The number of carbonyl (C=O) groups is 1. The van der Waals surface area contributed by atoms with Gasteiger partial charge in [-0.2, -0.15) is 0 Å². The van der Waals surface area contributed by atoms with Crippen molar-refractivity contribution in [2.75, 3.05) is 0 Å². The Balaban J connectivity index is 2.15. The summed E-state index contributed by atoms with van der Waals surface area (Å²) >= 11 is 0. The lowest BCUT2D eigenvalue weighted by Crippen LogP contribution is -2.01. The van der Waals surface area contributed by atoms with Crippen molar-refractivity contribution in [3.63, 3.8) is 0 Å². The molecule has 92 valence electrons. The van der Waals surface area contributed by atoms with E-state index in [1.165, 1.54) is 6.07 Å². The van der Waals surface area contributed by atoms with Gasteiger partial charge in [0.05, 0.1) is 0 Å². The van der Waals surface area contributed by atoms with Crippen molar-refractivity contribution in [1.82, 2.24) is 0 Å². The van der Waals surface area contributed by atoms with E-state index in [4.69, 9.17) is 9.84 Å². The molecule has 2 N–H and O–H groups in total. The van der Waals surface area contributed by atoms with Crippen LogP contribution < -0.4 is 4.74 Å². The molecule has 2 aromatic rings. The van der Waals surface area contributed by atoms with Crippen LogP contribution in [0, 0.1) is 0 Å². The number of aromatic hydroxyl groups is 1. The molecule has 0 atom stereocenters. The molecular formula is C14H12O4. The maximum absolute atomic E-state index is 10.8. The first-order valence-electron chi connectivity index (χ1n) is 5.40. The molecule has 0 spiro atoms. The average Bonchev–Trinajstić information content (AvgIpc) is 2.38. The summed E-state index contributed by atoms with van der Waals surface area (Å²) in [6.45, 7) is 0.122. The number of phenols is 1. The molecule has 0 aromatic heterocycles. The summed E-state index contributed by atoms with van der Waals surface area (Å²) in [6, 6.07) is 13.7. The molecule has 2 rings (SSSR count). The first-order valence-corrected chi connectivity index (χ1v) is 5.40. The molecule has 0 bridgehead atoms. The first-order chi connectivity index (χ1) is 8.68. The Morgan fingerprint density at radius 1 is 1.06 bits per heavy atom. The molecule has 0 fully saturated rings. The molecule has 0 aliphatic heterocycles. The van der Waals surface area contributed by atoms with Crippen LogP contribution in [0.25, 0.3) is 0 Å². The van der Waals surface area contributed by atoms with Crippen molar-refractivity contribution in [2.45, 2.75) is 6.61 Å². The molecule has 0 unspecified atom stereocenters. The van der Waals surface area contributed by atoms with Gasteiger partial charge in [-0.05, 0) is 18.2 Å². The van der Waals surface area contributed by atoms with Gasteiger partial charge in [0.25, 0.3) is 0 Å². The molecule has 0 saturated heterocycles. The third-order valence-corrected chi connectivity index (χ3v) is 2.49. The predicted molar refractivity (Wildman–Crippen MR) is 65.8 cm³/mol. The molecule has 0 heterocycles. The average molecular weight is 244 g/mol. The van der Waals surface area contributed by atoms with Crippen molar-refractivity contribution in [3.8, 4) is 11.5 Å². The van der Waals surface area contributed by atoms with E-state index in [0.29, 0.717) is 11.3 Å². The van der Waals surface area contributed by atoms with Gasteiger partial charge in [-0.1, -0.05) is 30.3 Å². The number of ether oxygens (including phenoxy) is 1. The number of hydrogen-bond acceptors (Lipinski definition) is 3. The van der Waals surface area contributed by atoms with E-state index in [1.807, 2.05) is 18.2 Å². The highest BCUT2D eigenvalue weighted by molar-refractivity contribution is 5.91. The van der Waals surface area contributed by atoms with E-state index in [0.717, 1.165) is 0 Å². The van der Waals surface area contributed by atoms with Gasteiger partial charge in [0, 0.05) is 5.56 Å². The van der Waals surface area contributed by atoms with Crippen molar-refractivity contribution >= 4 is 5.97 Å². The minimum atomic E-state index is -1.16. The van der Waals surface area contributed by atoms with Gasteiger partial charge in [-0.15, -0.1) is 0 Å². The zero-order valence-corrected chi connectivity index (χ0v) is 9.54. The Morgan fingerprint density at radius 3 is 2.44 bits per heavy atom. The third kappa shape index (κ3) is 2.60. The highest BCUT2D eigenvalue weighted by Gasteiger charge is 2.12. The van der Waals surface area contributed by atoms with Crippen molar-refractivity contribution in [2.24, 2.45) is 0 Å². The lowest BCUT2D eigenvalue weighted by molar-refractivity contribution is 0.0693. The minimum absolute atomic E-state index is 0.121. The van der Waals surface area contributed by atoms with Crippen LogP contribution >= 0.6 is 0 Å². The van der Waals surface area contributed by atoms with Gasteiger partial charge < -0.3 is 14.9 Å². The van der Waals surface area contributed by atoms with Crippen molar-refractivity contribution < 1.29 is 19.7 Å². The van der Waals surface area contributed by atoms with Crippen molar-refractivity contribution in [1.29, 1.82) is 0 Å². The maximum atomic E-state index is 10.8. The van der Waals surface area contributed by atoms with Crippen LogP contribution in [-0.4, -0.2) is 16.2 Å². The minimum Gasteiger partial charge on any atom is -0.507 e. The lowest BCUT2D eigenvalue weighted by atomic mass is 10.1. The van der Waals surface area contributed by atoms with Gasteiger partial charge >= 0.3 is 5.97 Å². The highest BCUT2D eigenvalue weighted by Crippen LogP contribution is 2.24. The Labute approximate surface area is 104 Å². The summed E-state index contributed by atoms with van der Waals surface area (Å²) in [5.74, 6) is -0.743. The number of aromatic carboxylic acids is 1. The fourth-order valence-electron chi connectivity index (χ4n) is 1.56. The largest absolute Gasteiger partial charge is 0.507 e. The number of hydrogen-bond donors (Lipinski definition) is 2. The molecule has 0 aliphatic rings. The summed E-state index contributed by atoms with van der Waals surface area (Å²) in [5, 5.41) is 18.7. The number of carboxylic acid groups (broad SMARTS) is 1. The Bertz CT molecular complexity index is 549. The van der Waals surface area contributed by atoms with Crippen molar-refractivity contribution in [3.05, 3.63) is 59.7 Å². The van der Waals surface area contributed by atoms with Crippen LogP contribution in [0.1, 0.15) is 15.9 Å². The molecule has 0 amide bonds. The van der Waals surface area contributed by atoms with Gasteiger partial charge in [-0.25, -0.2) is 4.79 Å². The zero-order valence-electron chi connectivity index (χ0n) is 9.54. The van der Waals surface area contributed by atoms with E-state index < -0.39 is 5.97 Å². The van der Waals surface area contributed by atoms with Gasteiger partial charge in [-0.3, -0.25) is 0 Å². The molecule has 4 heteroatoms. The number of benzene rings is 2. The van der Waals surface area contributed by atoms with Crippen LogP contribution in [0.4, 0.5) is 0 Å². The van der Waals surface area contributed by atoms with Crippen LogP contribution in [0.3, 0.4) is 0 Å². The normalized spacial score (nSPS) is 10.0. The van der Waals surface area contributed by atoms with Crippen LogP contribution in [0.15, 0.2) is 48.5 Å². The van der Waals surface area contributed by atoms with Gasteiger partial charge in [0.2, 0.25) is 0 Å². The molecule has 18 heavy (non-hydrogen) atoms. The van der Waals surface area contributed by atoms with Crippen LogP contribution in [-0.2, 0) is 6.61 Å². The van der Waals surface area contributed by atoms with E-state index in [1.54, 1.807) is 24.3 Å². The van der Waals surface area contributed by atoms with Crippen LogP contribution in [0.2, 0.25) is 0 Å². The molecule has 0 saturated carbocycles. The second kappa shape index (κ2) is 5.23. The smallest absolute Gasteiger partial charge is 0.339 e. The highest BCUT2D eigenvalue weighted by atomic mass is 16.5. The summed E-state index contributed by atoms with van der Waals surface area (Å²) in [7, 11) is 0. The maximum Gasteiger partial charge on any atom is 0.339 e. The third-order valence-electron chi connectivity index (χ3n) is 2.49. The zero-order chi connectivity index (χ0) is 13.0. The number of para-hydroxylation sites is 2. The van der Waals surface area contributed by atoms with E-state index in [9.17, 15) is 9.90 Å². The summed E-state index contributed by atoms with van der Waals surface area (Å²) < 4.78 is 5.45. The quantitative estimate of drug-likeness (QED) is 0.867. The summed E-state index contributed by atoms with van der Waals surface area (Å²) in [6.07, 6.45) is 0. The molecule has 0 aliphatic carbocycles. The van der Waals surface area contributed by atoms with Gasteiger partial charge in [0.1, 0.15) is 23.7 Å². The predicted octanol–water partition coefficient (Wildman–Crippen LogP) is 2.67. The van der Waals surface area contributed by atoms with E-state index in [-0.39, 0.29) is 17.9 Å². The molecule has 2 aromatic carbocycles. The summed E-state index contributed by atoms with van der Waals surface area (Å²) in [4.78, 5) is 10.8. The van der Waals surface area contributed by atoms with E-state index >= 15 is 0 Å². The second-order valence-electron chi connectivity index (χ2n) is 3.72. The van der Waals surface area contributed by atoms with Gasteiger partial charge in [0.15, 0.2) is 0 Å². The molecular weight excluding hydrogens is 232 g/mol. The SMILES string of the molecule is O=C(O)c1cccc(COc2ccccc2)c1O. The summed E-state index contributed by atoms with van der Waals surface area (Å²) in [5.41, 5.74) is 0.322. The number of carboxylic acids is 1. The fourth-order valence-corrected chi connectivity index (χ4v) is 1.56. The Hall–Kier alpha value is -2.49. The molecule has 0 radical (unpaired) electrons. The lowest BCUT2D eigenvalue weighted by Gasteiger charge is -2.09. The van der Waals surface area contributed by atoms with E-state index in [2.05, 4.69) is 0 Å². The first kappa shape index (κ1) is 12.0. The number of rotatable bonds is 4. The fraction of sp³-hybridized carbons (Fsp3) is 0.0714. The second-order valence-corrected chi connectivity index (χ2v) is 3.72. The monoisotopic (exact) mass is 244 g/mol.